The zero-order valence-electron chi connectivity index (χ0n) is 21.3. The third kappa shape index (κ3) is 5.97. The van der Waals surface area contributed by atoms with Crippen molar-refractivity contribution < 1.29 is 30.0 Å². The van der Waals surface area contributed by atoms with Crippen LogP contribution in [0.25, 0.3) is 21.8 Å². The van der Waals surface area contributed by atoms with E-state index in [1.54, 1.807) is 6.07 Å². The lowest BCUT2D eigenvalue weighted by Crippen LogP contribution is -2.48. The Hall–Kier alpha value is -3.80. The number of halogens is 3. The molecule has 41 heavy (non-hydrogen) atoms. The Labute approximate surface area is 237 Å². The fourth-order valence-electron chi connectivity index (χ4n) is 4.19. The third-order valence-electron chi connectivity index (χ3n) is 6.18. The number of anilines is 3. The number of benzene rings is 2. The Balaban J connectivity index is 1.56. The number of nitrogen functional groups attached to an aromatic ring is 1. The second-order valence-corrected chi connectivity index (χ2v) is 13.6. The van der Waals surface area contributed by atoms with E-state index in [1.807, 2.05) is 9.62 Å². The molecule has 11 nitrogen and oxygen atoms in total. The van der Waals surface area contributed by atoms with Gasteiger partial charge in [-0.1, -0.05) is 17.4 Å². The van der Waals surface area contributed by atoms with Crippen LogP contribution in [0.4, 0.5) is 29.9 Å². The van der Waals surface area contributed by atoms with Gasteiger partial charge >= 0.3 is 0 Å². The summed E-state index contributed by atoms with van der Waals surface area (Å²) in [6, 6.07) is 7.35. The largest absolute Gasteiger partial charge is 0.368 e. The van der Waals surface area contributed by atoms with Crippen LogP contribution in [-0.2, 0) is 20.0 Å². The Morgan fingerprint density at radius 2 is 1.71 bits per heavy atom. The number of rotatable bonds is 7. The highest BCUT2D eigenvalue weighted by atomic mass is 32.2. The lowest BCUT2D eigenvalue weighted by atomic mass is 10.1. The molecule has 0 bridgehead atoms. The highest BCUT2D eigenvalue weighted by Crippen LogP contribution is 2.42. The summed E-state index contributed by atoms with van der Waals surface area (Å²) < 4.78 is 96.6. The minimum Gasteiger partial charge on any atom is -0.368 e. The van der Waals surface area contributed by atoms with Gasteiger partial charge in [0, 0.05) is 37.9 Å². The summed E-state index contributed by atoms with van der Waals surface area (Å²) in [5.74, 6) is -3.25. The van der Waals surface area contributed by atoms with Crippen molar-refractivity contribution in [1.82, 2.24) is 19.3 Å². The first-order valence-electron chi connectivity index (χ1n) is 11.9. The first-order chi connectivity index (χ1) is 19.3. The van der Waals surface area contributed by atoms with Crippen LogP contribution in [0.1, 0.15) is 0 Å². The van der Waals surface area contributed by atoms with Crippen molar-refractivity contribution in [2.75, 3.05) is 47.8 Å². The van der Waals surface area contributed by atoms with E-state index in [1.165, 1.54) is 22.6 Å². The second-order valence-electron chi connectivity index (χ2n) is 8.97. The minimum absolute atomic E-state index is 0.0377. The first-order valence-corrected chi connectivity index (χ1v) is 16.0. The van der Waals surface area contributed by atoms with Gasteiger partial charge in [-0.05, 0) is 36.4 Å². The molecule has 0 aliphatic carbocycles. The van der Waals surface area contributed by atoms with Crippen LogP contribution in [-0.4, -0.2) is 68.5 Å². The molecule has 3 N–H and O–H groups in total. The van der Waals surface area contributed by atoms with Gasteiger partial charge in [0.15, 0.2) is 10.9 Å². The predicted molar refractivity (Wildman–Crippen MR) is 149 cm³/mol. The molecule has 1 aliphatic heterocycles. The fourth-order valence-corrected chi connectivity index (χ4v) is 7.27. The molecule has 1 fully saturated rings. The third-order valence-corrected chi connectivity index (χ3v) is 10.0. The van der Waals surface area contributed by atoms with Gasteiger partial charge in [-0.25, -0.2) is 45.0 Å². The molecule has 0 spiro atoms. The highest BCUT2D eigenvalue weighted by molar-refractivity contribution is 7.92. The summed E-state index contributed by atoms with van der Waals surface area (Å²) >= 11 is 1.16. The second kappa shape index (κ2) is 10.9. The van der Waals surface area contributed by atoms with E-state index >= 15 is 4.39 Å². The van der Waals surface area contributed by atoms with Crippen molar-refractivity contribution in [2.24, 2.45) is 0 Å². The van der Waals surface area contributed by atoms with E-state index in [0.29, 0.717) is 40.9 Å². The zero-order chi connectivity index (χ0) is 29.5. The van der Waals surface area contributed by atoms with Crippen molar-refractivity contribution >= 4 is 48.2 Å². The summed E-state index contributed by atoms with van der Waals surface area (Å²) in [5.41, 5.74) is 5.60. The summed E-state index contributed by atoms with van der Waals surface area (Å²) in [6.45, 7) is 1.11. The molecule has 216 valence electrons. The number of aromatic nitrogens is 3. The molecule has 4 aromatic rings. The number of nitrogens with zero attached hydrogens (tertiary/aromatic N) is 5. The molecule has 0 radical (unpaired) electrons. The van der Waals surface area contributed by atoms with Crippen molar-refractivity contribution in [3.63, 3.8) is 0 Å². The number of sulfonamides is 2. The topological polar surface area (TPSA) is 151 Å². The summed E-state index contributed by atoms with van der Waals surface area (Å²) in [7, 11) is -8.07. The summed E-state index contributed by atoms with van der Waals surface area (Å²) in [6.07, 6.45) is 2.55. The van der Waals surface area contributed by atoms with Gasteiger partial charge < -0.3 is 10.6 Å². The van der Waals surface area contributed by atoms with Gasteiger partial charge in [-0.15, -0.1) is 0 Å². The molecule has 17 heteroatoms. The van der Waals surface area contributed by atoms with E-state index in [0.717, 1.165) is 29.7 Å². The van der Waals surface area contributed by atoms with Gasteiger partial charge in [0.05, 0.1) is 28.2 Å². The maximum absolute atomic E-state index is 15.9. The van der Waals surface area contributed by atoms with Gasteiger partial charge in [-0.2, -0.15) is 4.31 Å². The summed E-state index contributed by atoms with van der Waals surface area (Å²) in [5, 5.41) is 0.451. The Kier molecular flexibility index (Phi) is 7.62. The zero-order valence-corrected chi connectivity index (χ0v) is 23.7. The predicted octanol–water partition coefficient (Wildman–Crippen LogP) is 3.15. The molecule has 5 rings (SSSR count). The van der Waals surface area contributed by atoms with Crippen LogP contribution >= 0.6 is 11.3 Å². The van der Waals surface area contributed by atoms with Crippen LogP contribution < -0.4 is 15.4 Å². The van der Waals surface area contributed by atoms with Crippen molar-refractivity contribution in [2.45, 2.75) is 4.90 Å². The Morgan fingerprint density at radius 3 is 2.39 bits per heavy atom. The molecule has 3 heterocycles. The standard InChI is InChI=1S/C24H22F3N7O4S3/c1-40(35,36)34-11-9-33(10-12-34)24-31-21(22(39-24)18-7-8-29-23(28)30-18)15-3-2-4-17(20(15)27)32-41(37,38)19-13-14(25)5-6-16(19)26/h2-8,13,32H,9-12H2,1H3,(H2,28,29,30). The van der Waals surface area contributed by atoms with E-state index < -0.39 is 48.1 Å². The van der Waals surface area contributed by atoms with Crippen LogP contribution in [0.3, 0.4) is 0 Å². The van der Waals surface area contributed by atoms with Crippen LogP contribution in [0.5, 0.6) is 0 Å². The van der Waals surface area contributed by atoms with Crippen molar-refractivity contribution in [1.29, 1.82) is 0 Å². The van der Waals surface area contributed by atoms with Gasteiger partial charge in [-0.3, -0.25) is 4.72 Å². The molecule has 2 aromatic heterocycles. The van der Waals surface area contributed by atoms with Gasteiger partial charge in [0.25, 0.3) is 10.0 Å². The molecule has 0 saturated carbocycles. The van der Waals surface area contributed by atoms with Crippen LogP contribution in [0.2, 0.25) is 0 Å². The SMILES string of the molecule is CS(=O)(=O)N1CCN(c2nc(-c3cccc(NS(=O)(=O)c4cc(F)ccc4F)c3F)c(-c3ccnc(N)n3)s2)CC1. The molecular formula is C24H22F3N7O4S3. The number of hydrogen-bond donors (Lipinski definition) is 2. The average Bonchev–Trinajstić information content (AvgIpc) is 3.36. The Morgan fingerprint density at radius 1 is 0.976 bits per heavy atom. The maximum atomic E-state index is 15.9. The molecule has 1 aliphatic rings. The number of thiazole rings is 1. The van der Waals surface area contributed by atoms with E-state index in [-0.39, 0.29) is 30.3 Å². The molecule has 2 aromatic carbocycles. The monoisotopic (exact) mass is 625 g/mol. The summed E-state index contributed by atoms with van der Waals surface area (Å²) in [4.78, 5) is 14.0. The average molecular weight is 626 g/mol. The minimum atomic E-state index is -4.71. The smallest absolute Gasteiger partial charge is 0.265 e. The lowest BCUT2D eigenvalue weighted by molar-refractivity contribution is 0.388. The molecule has 0 amide bonds. The quantitative estimate of drug-likeness (QED) is 0.316. The van der Waals surface area contributed by atoms with Crippen LogP contribution in [0.15, 0.2) is 53.6 Å². The van der Waals surface area contributed by atoms with Crippen molar-refractivity contribution in [3.05, 3.63) is 66.1 Å². The number of nitrogens with one attached hydrogen (secondary N) is 1. The van der Waals surface area contributed by atoms with Crippen molar-refractivity contribution in [3.8, 4) is 21.8 Å². The first kappa shape index (κ1) is 28.7. The lowest BCUT2D eigenvalue weighted by Gasteiger charge is -2.32. The molecule has 1 saturated heterocycles. The normalized spacial score (nSPS) is 14.8. The van der Waals surface area contributed by atoms with E-state index in [2.05, 4.69) is 15.0 Å². The van der Waals surface area contributed by atoms with Gasteiger partial charge in [0.1, 0.15) is 16.5 Å². The maximum Gasteiger partial charge on any atom is 0.265 e. The van der Waals surface area contributed by atoms with Gasteiger partial charge in [0.2, 0.25) is 16.0 Å². The molecular weight excluding hydrogens is 604 g/mol. The Bertz CT molecular complexity index is 1840. The highest BCUT2D eigenvalue weighted by Gasteiger charge is 2.29. The molecule has 0 unspecified atom stereocenters. The fraction of sp³-hybridized carbons (Fsp3) is 0.208. The number of nitrogens with two attached hydrogens (primary N) is 1. The van der Waals surface area contributed by atoms with E-state index in [4.69, 9.17) is 5.73 Å². The number of piperazine rings is 1. The molecule has 0 atom stereocenters. The van der Waals surface area contributed by atoms with Crippen LogP contribution in [0, 0.1) is 17.5 Å². The number of hydrogen-bond acceptors (Lipinski definition) is 10. The van der Waals surface area contributed by atoms with E-state index in [9.17, 15) is 25.6 Å².